The normalized spacial score (nSPS) is 11.7. The first-order valence-electron chi connectivity index (χ1n) is 4.03. The molecule has 0 saturated carbocycles. The lowest BCUT2D eigenvalue weighted by atomic mass is 10.2. The van der Waals surface area contributed by atoms with Crippen LogP contribution in [0, 0.1) is 6.92 Å². The van der Waals surface area contributed by atoms with E-state index in [0.29, 0.717) is 22.9 Å². The zero-order chi connectivity index (χ0) is 10.0. The summed E-state index contributed by atoms with van der Waals surface area (Å²) in [6.07, 6.45) is 1.78. The van der Waals surface area contributed by atoms with Gasteiger partial charge in [0.25, 0.3) is 0 Å². The van der Waals surface area contributed by atoms with E-state index in [-0.39, 0.29) is 0 Å². The van der Waals surface area contributed by atoms with Gasteiger partial charge < -0.3 is 15.9 Å². The number of rotatable bonds is 2. The summed E-state index contributed by atoms with van der Waals surface area (Å²) in [5.74, 6) is 1.25. The van der Waals surface area contributed by atoms with Crippen LogP contribution in [0.2, 0.25) is 0 Å². The highest BCUT2D eigenvalue weighted by Crippen LogP contribution is 2.21. The first kappa shape index (κ1) is 9.45. The molecule has 0 aliphatic heterocycles. The van der Waals surface area contributed by atoms with E-state index in [2.05, 4.69) is 6.58 Å². The Balaban J connectivity index is 3.16. The third-order valence-electron chi connectivity index (χ3n) is 1.80. The fourth-order valence-electron chi connectivity index (χ4n) is 1.09. The predicted octanol–water partition coefficient (Wildman–Crippen LogP) is 1.84. The largest absolute Gasteiger partial charge is 0.453 e. The first-order valence-corrected chi connectivity index (χ1v) is 4.03. The second-order valence-corrected chi connectivity index (χ2v) is 2.89. The fourth-order valence-corrected chi connectivity index (χ4v) is 1.09. The molecule has 1 aromatic heterocycles. The third kappa shape index (κ3) is 1.75. The quantitative estimate of drug-likeness (QED) is 0.726. The summed E-state index contributed by atoms with van der Waals surface area (Å²) < 4.78 is 5.41. The van der Waals surface area contributed by atoms with Gasteiger partial charge in [0.2, 0.25) is 0 Å². The summed E-state index contributed by atoms with van der Waals surface area (Å²) in [5, 5.41) is 0. The summed E-state index contributed by atoms with van der Waals surface area (Å²) in [6, 6.07) is 1.85. The van der Waals surface area contributed by atoms with Crippen molar-refractivity contribution in [3.8, 4) is 0 Å². The van der Waals surface area contributed by atoms with Gasteiger partial charge in [0.05, 0.1) is 11.4 Å². The minimum absolute atomic E-state index is 0.424. The molecule has 0 aliphatic carbocycles. The van der Waals surface area contributed by atoms with Crippen molar-refractivity contribution >= 4 is 11.4 Å². The van der Waals surface area contributed by atoms with Crippen LogP contribution in [0.4, 0.5) is 0 Å². The molecule has 0 saturated heterocycles. The molecule has 0 amide bonds. The zero-order valence-electron chi connectivity index (χ0n) is 7.92. The topological polar surface area (TPSA) is 65.2 Å². The highest BCUT2D eigenvalue weighted by atomic mass is 16.3. The van der Waals surface area contributed by atoms with Crippen molar-refractivity contribution in [3.05, 3.63) is 35.8 Å². The van der Waals surface area contributed by atoms with Crippen molar-refractivity contribution in [1.29, 1.82) is 0 Å². The van der Waals surface area contributed by atoms with Gasteiger partial charge in [0.1, 0.15) is 5.76 Å². The molecule has 0 bridgehead atoms. The second-order valence-electron chi connectivity index (χ2n) is 2.89. The van der Waals surface area contributed by atoms with E-state index < -0.39 is 0 Å². The summed E-state index contributed by atoms with van der Waals surface area (Å²) >= 11 is 0. The minimum Gasteiger partial charge on any atom is -0.453 e. The average molecular weight is 178 g/mol. The average Bonchev–Trinajstić information content (AvgIpc) is 2.46. The number of nitrogens with two attached hydrogens (primary N) is 2. The van der Waals surface area contributed by atoms with E-state index in [1.54, 1.807) is 6.08 Å². The molecule has 0 fully saturated rings. The van der Waals surface area contributed by atoms with Crippen molar-refractivity contribution in [2.75, 3.05) is 0 Å². The third-order valence-corrected chi connectivity index (χ3v) is 1.80. The maximum absolute atomic E-state index is 5.67. The van der Waals surface area contributed by atoms with Crippen LogP contribution in [0.1, 0.15) is 24.0 Å². The van der Waals surface area contributed by atoms with Gasteiger partial charge in [-0.2, -0.15) is 0 Å². The second kappa shape index (κ2) is 3.39. The molecular weight excluding hydrogens is 164 g/mol. The van der Waals surface area contributed by atoms with Crippen LogP contribution >= 0.6 is 0 Å². The molecule has 4 N–H and O–H groups in total. The highest BCUT2D eigenvalue weighted by Gasteiger charge is 2.09. The predicted molar refractivity (Wildman–Crippen MR) is 54.5 cm³/mol. The molecule has 1 rings (SSSR count). The van der Waals surface area contributed by atoms with Gasteiger partial charge in [-0.05, 0) is 25.5 Å². The minimum atomic E-state index is 0.424. The molecule has 70 valence electrons. The van der Waals surface area contributed by atoms with E-state index in [9.17, 15) is 0 Å². The Hall–Kier alpha value is -1.64. The van der Waals surface area contributed by atoms with Crippen LogP contribution in [0.25, 0.3) is 11.4 Å². The maximum atomic E-state index is 5.67. The van der Waals surface area contributed by atoms with Crippen LogP contribution in [0.5, 0.6) is 0 Å². The lowest BCUT2D eigenvalue weighted by Crippen LogP contribution is -1.94. The lowest BCUT2D eigenvalue weighted by molar-refractivity contribution is 0.536. The molecule has 1 heterocycles. The molecule has 3 nitrogen and oxygen atoms in total. The maximum Gasteiger partial charge on any atom is 0.152 e. The van der Waals surface area contributed by atoms with Crippen molar-refractivity contribution < 1.29 is 4.42 Å². The number of hydrogen-bond acceptors (Lipinski definition) is 3. The smallest absolute Gasteiger partial charge is 0.152 e. The van der Waals surface area contributed by atoms with Crippen molar-refractivity contribution in [1.82, 2.24) is 0 Å². The molecule has 0 atom stereocenters. The highest BCUT2D eigenvalue weighted by molar-refractivity contribution is 5.64. The molecule has 1 aromatic rings. The zero-order valence-corrected chi connectivity index (χ0v) is 7.92. The van der Waals surface area contributed by atoms with Crippen molar-refractivity contribution in [2.24, 2.45) is 11.5 Å². The van der Waals surface area contributed by atoms with E-state index in [1.807, 2.05) is 19.9 Å². The molecule has 0 spiro atoms. The molecular formula is C10H14N2O. The monoisotopic (exact) mass is 178 g/mol. The Kier molecular flexibility index (Phi) is 2.46. The molecule has 0 unspecified atom stereocenters. The fraction of sp³-hybridized carbons (Fsp3) is 0.200. The van der Waals surface area contributed by atoms with Crippen LogP contribution in [0.3, 0.4) is 0 Å². The number of furan rings is 1. The Labute approximate surface area is 77.7 Å². The summed E-state index contributed by atoms with van der Waals surface area (Å²) in [4.78, 5) is 0. The Morgan fingerprint density at radius 1 is 1.54 bits per heavy atom. The first-order chi connectivity index (χ1) is 6.06. The van der Waals surface area contributed by atoms with Gasteiger partial charge in [-0.1, -0.05) is 12.7 Å². The molecule has 0 aromatic carbocycles. The summed E-state index contributed by atoms with van der Waals surface area (Å²) in [7, 11) is 0. The molecule has 13 heavy (non-hydrogen) atoms. The van der Waals surface area contributed by atoms with Gasteiger partial charge >= 0.3 is 0 Å². The molecule has 0 radical (unpaired) electrons. The SMILES string of the molecule is C=C(N)c1oc(/C(N)=C/C)cc1C. The summed E-state index contributed by atoms with van der Waals surface area (Å²) in [6.45, 7) is 7.37. The van der Waals surface area contributed by atoms with Crippen LogP contribution in [-0.4, -0.2) is 0 Å². The Morgan fingerprint density at radius 2 is 2.15 bits per heavy atom. The number of hydrogen-bond donors (Lipinski definition) is 2. The van der Waals surface area contributed by atoms with Gasteiger partial charge in [-0.3, -0.25) is 0 Å². The standard InChI is InChI=1S/C10H14N2O/c1-4-8(12)9-5-6(2)10(13-9)7(3)11/h4-5H,3,11-12H2,1-2H3/b8-4-. The van der Waals surface area contributed by atoms with Crippen molar-refractivity contribution in [2.45, 2.75) is 13.8 Å². The van der Waals surface area contributed by atoms with E-state index in [0.717, 1.165) is 5.56 Å². The van der Waals surface area contributed by atoms with Crippen LogP contribution in [0.15, 0.2) is 23.1 Å². The van der Waals surface area contributed by atoms with Crippen molar-refractivity contribution in [3.63, 3.8) is 0 Å². The van der Waals surface area contributed by atoms with Gasteiger partial charge in [0.15, 0.2) is 5.76 Å². The van der Waals surface area contributed by atoms with E-state index in [1.165, 1.54) is 0 Å². The number of allylic oxidation sites excluding steroid dienone is 1. The van der Waals surface area contributed by atoms with Gasteiger partial charge in [0, 0.05) is 0 Å². The van der Waals surface area contributed by atoms with E-state index in [4.69, 9.17) is 15.9 Å². The Bertz CT molecular complexity index is 361. The molecule has 0 aliphatic rings. The molecule has 3 heteroatoms. The lowest BCUT2D eigenvalue weighted by Gasteiger charge is -1.95. The number of aryl methyl sites for hydroxylation is 1. The van der Waals surface area contributed by atoms with E-state index >= 15 is 0 Å². The summed E-state index contributed by atoms with van der Waals surface area (Å²) in [5.41, 5.74) is 13.2. The van der Waals surface area contributed by atoms with Crippen LogP contribution < -0.4 is 11.5 Å². The van der Waals surface area contributed by atoms with Gasteiger partial charge in [-0.15, -0.1) is 0 Å². The van der Waals surface area contributed by atoms with Gasteiger partial charge in [-0.25, -0.2) is 0 Å². The van der Waals surface area contributed by atoms with Crippen LogP contribution in [-0.2, 0) is 0 Å². The Morgan fingerprint density at radius 3 is 2.54 bits per heavy atom.